The van der Waals surface area contributed by atoms with Crippen molar-refractivity contribution < 1.29 is 13.5 Å². The predicted molar refractivity (Wildman–Crippen MR) is 97.8 cm³/mol. The van der Waals surface area contributed by atoms with Crippen molar-refractivity contribution in [1.29, 1.82) is 0 Å². The van der Waals surface area contributed by atoms with Gasteiger partial charge in [0.2, 0.25) is 0 Å². The van der Waals surface area contributed by atoms with E-state index in [2.05, 4.69) is 9.97 Å². The highest BCUT2D eigenvalue weighted by Gasteiger charge is 2.17. The monoisotopic (exact) mass is 351 g/mol. The van der Waals surface area contributed by atoms with Gasteiger partial charge in [-0.15, -0.1) is 0 Å². The van der Waals surface area contributed by atoms with E-state index >= 15 is 0 Å². The topological polar surface area (TPSA) is 63.9 Å². The molecule has 0 radical (unpaired) electrons. The summed E-state index contributed by atoms with van der Waals surface area (Å²) >= 11 is 0. The van der Waals surface area contributed by atoms with Crippen molar-refractivity contribution in [2.24, 2.45) is 0 Å². The van der Waals surface area contributed by atoms with Gasteiger partial charge in [-0.2, -0.15) is 0 Å². The Morgan fingerprint density at radius 3 is 2.65 bits per heavy atom. The molecule has 4 rings (SSSR count). The Bertz CT molecular complexity index is 1120. The van der Waals surface area contributed by atoms with Gasteiger partial charge in [-0.3, -0.25) is 0 Å². The fourth-order valence-electron chi connectivity index (χ4n) is 3.07. The predicted octanol–water partition coefficient (Wildman–Crippen LogP) is 4.77. The van der Waals surface area contributed by atoms with Gasteiger partial charge in [-0.25, -0.2) is 13.8 Å². The van der Waals surface area contributed by atoms with E-state index < -0.39 is 11.6 Å². The molecule has 4 aromatic rings. The number of benzene rings is 2. The highest BCUT2D eigenvalue weighted by atomic mass is 19.1. The van der Waals surface area contributed by atoms with E-state index in [4.69, 9.17) is 10.5 Å². The minimum absolute atomic E-state index is 0.0124. The molecule has 0 atom stereocenters. The lowest BCUT2D eigenvalue weighted by Gasteiger charge is -2.09. The van der Waals surface area contributed by atoms with Crippen LogP contribution in [0.2, 0.25) is 0 Å². The van der Waals surface area contributed by atoms with Gasteiger partial charge < -0.3 is 15.5 Å². The maximum Gasteiger partial charge on any atom is 0.168 e. The summed E-state index contributed by atoms with van der Waals surface area (Å²) < 4.78 is 33.0. The van der Waals surface area contributed by atoms with Gasteiger partial charge in [0.15, 0.2) is 11.6 Å². The van der Waals surface area contributed by atoms with Crippen molar-refractivity contribution in [2.75, 3.05) is 12.8 Å². The summed E-state index contributed by atoms with van der Waals surface area (Å²) in [5.41, 5.74) is 9.79. The minimum Gasteiger partial charge on any atom is -0.493 e. The number of aromatic amines is 1. The number of nitrogen functional groups attached to an aromatic ring is 1. The molecule has 0 unspecified atom stereocenters. The Balaban J connectivity index is 1.94. The summed E-state index contributed by atoms with van der Waals surface area (Å²) in [7, 11) is 1.35. The molecule has 0 amide bonds. The second-order valence-electron chi connectivity index (χ2n) is 5.92. The van der Waals surface area contributed by atoms with Crippen molar-refractivity contribution in [2.45, 2.75) is 0 Å². The number of pyridine rings is 1. The molecular formula is C20H15F2N3O. The largest absolute Gasteiger partial charge is 0.493 e. The van der Waals surface area contributed by atoms with Crippen molar-refractivity contribution >= 4 is 16.7 Å². The minimum atomic E-state index is -0.753. The van der Waals surface area contributed by atoms with E-state index in [0.717, 1.165) is 22.6 Å². The van der Waals surface area contributed by atoms with Gasteiger partial charge in [0.05, 0.1) is 7.11 Å². The smallest absolute Gasteiger partial charge is 0.168 e. The van der Waals surface area contributed by atoms with Crippen LogP contribution in [0.1, 0.15) is 0 Å². The van der Waals surface area contributed by atoms with Crippen molar-refractivity contribution in [3.63, 3.8) is 0 Å². The zero-order chi connectivity index (χ0) is 18.3. The van der Waals surface area contributed by atoms with Gasteiger partial charge in [-0.05, 0) is 29.8 Å². The normalized spacial score (nSPS) is 11.0. The van der Waals surface area contributed by atoms with E-state index in [9.17, 15) is 8.78 Å². The first-order valence-electron chi connectivity index (χ1n) is 7.93. The SMILES string of the molecule is COc1c(F)cc(F)cc1-c1c[nH]c2ncc(-c3cccc(N)c3)cc12. The molecule has 0 saturated heterocycles. The van der Waals surface area contributed by atoms with Gasteiger partial charge in [0, 0.05) is 46.2 Å². The van der Waals surface area contributed by atoms with E-state index in [-0.39, 0.29) is 5.75 Å². The van der Waals surface area contributed by atoms with Crippen molar-refractivity contribution in [1.82, 2.24) is 9.97 Å². The Morgan fingerprint density at radius 2 is 1.88 bits per heavy atom. The molecule has 2 aromatic heterocycles. The average molecular weight is 351 g/mol. The number of halogens is 2. The number of hydrogen-bond donors (Lipinski definition) is 2. The second kappa shape index (κ2) is 6.15. The molecule has 6 heteroatoms. The third-order valence-electron chi connectivity index (χ3n) is 4.25. The van der Waals surface area contributed by atoms with Crippen LogP contribution in [0.3, 0.4) is 0 Å². The van der Waals surface area contributed by atoms with E-state index in [1.54, 1.807) is 18.5 Å². The molecule has 2 aromatic carbocycles. The van der Waals surface area contributed by atoms with Crippen LogP contribution < -0.4 is 10.5 Å². The highest BCUT2D eigenvalue weighted by molar-refractivity contribution is 5.97. The maximum absolute atomic E-state index is 14.1. The molecule has 0 aliphatic rings. The fourth-order valence-corrected chi connectivity index (χ4v) is 3.07. The summed E-state index contributed by atoms with van der Waals surface area (Å²) in [6, 6.07) is 11.4. The first kappa shape index (κ1) is 16.1. The molecule has 0 aliphatic carbocycles. The molecule has 26 heavy (non-hydrogen) atoms. The van der Waals surface area contributed by atoms with Crippen LogP contribution in [-0.4, -0.2) is 17.1 Å². The van der Waals surface area contributed by atoms with Crippen LogP contribution in [0.25, 0.3) is 33.3 Å². The number of nitrogens with zero attached hydrogens (tertiary/aromatic N) is 1. The molecule has 0 bridgehead atoms. The van der Waals surface area contributed by atoms with Crippen molar-refractivity contribution in [3.8, 4) is 28.0 Å². The number of nitrogens with two attached hydrogens (primary N) is 1. The van der Waals surface area contributed by atoms with Crippen LogP contribution in [0.4, 0.5) is 14.5 Å². The molecule has 2 heterocycles. The summed E-state index contributed by atoms with van der Waals surface area (Å²) in [6.07, 6.45) is 3.39. The Hall–Kier alpha value is -3.41. The van der Waals surface area contributed by atoms with Crippen molar-refractivity contribution in [3.05, 3.63) is 66.5 Å². The Kier molecular flexibility index (Phi) is 3.80. The van der Waals surface area contributed by atoms with Gasteiger partial charge in [0.25, 0.3) is 0 Å². The number of nitrogens with one attached hydrogen (secondary N) is 1. The second-order valence-corrected chi connectivity index (χ2v) is 5.92. The third-order valence-corrected chi connectivity index (χ3v) is 4.25. The van der Waals surface area contributed by atoms with Gasteiger partial charge >= 0.3 is 0 Å². The number of hydrogen-bond acceptors (Lipinski definition) is 3. The van der Waals surface area contributed by atoms with Crippen LogP contribution >= 0.6 is 0 Å². The third kappa shape index (κ3) is 2.65. The standard InChI is InChI=1S/C20H15F2N3O/c1-26-19-15(7-13(21)8-18(19)22)17-10-25-20-16(17)6-12(9-24-20)11-3-2-4-14(23)5-11/h2-10H,23H2,1H3,(H,24,25). The van der Waals surface area contributed by atoms with Gasteiger partial charge in [-0.1, -0.05) is 12.1 Å². The zero-order valence-electron chi connectivity index (χ0n) is 13.9. The molecule has 130 valence electrons. The molecule has 0 aliphatic heterocycles. The number of rotatable bonds is 3. The molecule has 0 spiro atoms. The lowest BCUT2D eigenvalue weighted by atomic mass is 10.0. The number of methoxy groups -OCH3 is 1. The number of fused-ring (bicyclic) bond motifs is 1. The number of aromatic nitrogens is 2. The molecule has 0 saturated carbocycles. The molecule has 0 fully saturated rings. The van der Waals surface area contributed by atoms with Gasteiger partial charge in [0.1, 0.15) is 11.5 Å². The van der Waals surface area contributed by atoms with Crippen LogP contribution in [-0.2, 0) is 0 Å². The first-order valence-corrected chi connectivity index (χ1v) is 7.93. The van der Waals surface area contributed by atoms with E-state index in [0.29, 0.717) is 22.5 Å². The first-order chi connectivity index (χ1) is 12.6. The number of ether oxygens (including phenoxy) is 1. The van der Waals surface area contributed by atoms with E-state index in [1.807, 2.05) is 24.3 Å². The summed E-state index contributed by atoms with van der Waals surface area (Å²) in [6.45, 7) is 0. The average Bonchev–Trinajstić information content (AvgIpc) is 3.04. The van der Waals surface area contributed by atoms with Crippen LogP contribution in [0.5, 0.6) is 5.75 Å². The number of H-pyrrole nitrogens is 1. The molecule has 3 N–H and O–H groups in total. The molecule has 4 nitrogen and oxygen atoms in total. The lowest BCUT2D eigenvalue weighted by Crippen LogP contribution is -1.93. The Labute approximate surface area is 148 Å². The zero-order valence-corrected chi connectivity index (χ0v) is 13.9. The molecular weight excluding hydrogens is 336 g/mol. The van der Waals surface area contributed by atoms with Crippen LogP contribution in [0.15, 0.2) is 54.9 Å². The number of anilines is 1. The maximum atomic E-state index is 14.1. The van der Waals surface area contributed by atoms with Crippen LogP contribution in [0, 0.1) is 11.6 Å². The Morgan fingerprint density at radius 1 is 1.04 bits per heavy atom. The quantitative estimate of drug-likeness (QED) is 0.523. The van der Waals surface area contributed by atoms with E-state index in [1.165, 1.54) is 13.2 Å². The summed E-state index contributed by atoms with van der Waals surface area (Å²) in [4.78, 5) is 7.44. The lowest BCUT2D eigenvalue weighted by molar-refractivity contribution is 0.386. The highest BCUT2D eigenvalue weighted by Crippen LogP contribution is 2.38. The summed E-state index contributed by atoms with van der Waals surface area (Å²) in [5.74, 6) is -1.44. The summed E-state index contributed by atoms with van der Waals surface area (Å²) in [5, 5.41) is 0.730. The fraction of sp³-hybridized carbons (Fsp3) is 0.0500.